The van der Waals surface area contributed by atoms with Gasteiger partial charge in [0, 0.05) is 32.7 Å². The van der Waals surface area contributed by atoms with E-state index in [4.69, 9.17) is 9.47 Å². The van der Waals surface area contributed by atoms with Gasteiger partial charge in [-0.2, -0.15) is 0 Å². The van der Waals surface area contributed by atoms with Gasteiger partial charge in [0.05, 0.1) is 18.2 Å². The third-order valence-corrected chi connectivity index (χ3v) is 2.76. The maximum Gasteiger partial charge on any atom is 0.203 e. The van der Waals surface area contributed by atoms with Gasteiger partial charge in [-0.05, 0) is 27.7 Å². The van der Waals surface area contributed by atoms with Crippen LogP contribution in [0.5, 0.6) is 0 Å². The summed E-state index contributed by atoms with van der Waals surface area (Å²) in [5.74, 6) is 0.854. The van der Waals surface area contributed by atoms with Gasteiger partial charge in [0.1, 0.15) is 0 Å². The predicted molar refractivity (Wildman–Crippen MR) is 73.0 cm³/mol. The lowest BCUT2D eigenvalue weighted by molar-refractivity contribution is 0.000509. The van der Waals surface area contributed by atoms with Crippen LogP contribution in [0.1, 0.15) is 33.7 Å². The molecule has 0 fully saturated rings. The Balaban J connectivity index is 2.60. The topological polar surface area (TPSA) is 48.3 Å². The van der Waals surface area contributed by atoms with Crippen molar-refractivity contribution in [1.29, 1.82) is 0 Å². The fourth-order valence-electron chi connectivity index (χ4n) is 1.86. The number of anilines is 1. The Bertz CT molecular complexity index is 350. The quantitative estimate of drug-likeness (QED) is 0.774. The van der Waals surface area contributed by atoms with Crippen molar-refractivity contribution < 1.29 is 9.47 Å². The average molecular weight is 255 g/mol. The van der Waals surface area contributed by atoms with Crippen LogP contribution in [0, 0.1) is 0 Å². The van der Waals surface area contributed by atoms with Gasteiger partial charge >= 0.3 is 0 Å². The van der Waals surface area contributed by atoms with Gasteiger partial charge in [-0.1, -0.05) is 0 Å². The molecular formula is C13H25N3O2. The van der Waals surface area contributed by atoms with Crippen LogP contribution < -0.4 is 5.32 Å². The van der Waals surface area contributed by atoms with Crippen LogP contribution in [0.2, 0.25) is 0 Å². The van der Waals surface area contributed by atoms with E-state index < -0.39 is 0 Å². The first kappa shape index (κ1) is 15.0. The van der Waals surface area contributed by atoms with Crippen molar-refractivity contribution in [1.82, 2.24) is 9.55 Å². The van der Waals surface area contributed by atoms with Crippen LogP contribution in [0.4, 0.5) is 5.95 Å². The monoisotopic (exact) mass is 255 g/mol. The second-order valence-electron chi connectivity index (χ2n) is 5.01. The zero-order valence-electron chi connectivity index (χ0n) is 12.1. The molecule has 0 aliphatic heterocycles. The molecule has 0 radical (unpaired) electrons. The molecule has 1 unspecified atom stereocenters. The largest absolute Gasteiger partial charge is 0.383 e. The van der Waals surface area contributed by atoms with Crippen molar-refractivity contribution in [3.63, 3.8) is 0 Å². The molecule has 0 saturated heterocycles. The van der Waals surface area contributed by atoms with Crippen molar-refractivity contribution in [2.75, 3.05) is 32.2 Å². The highest BCUT2D eigenvalue weighted by Gasteiger charge is 2.18. The smallest absolute Gasteiger partial charge is 0.203 e. The molecule has 0 spiro atoms. The molecule has 104 valence electrons. The van der Waals surface area contributed by atoms with Gasteiger partial charge in [-0.3, -0.25) is 0 Å². The van der Waals surface area contributed by atoms with Crippen LogP contribution in [0.25, 0.3) is 0 Å². The Morgan fingerprint density at radius 1 is 1.50 bits per heavy atom. The number of ether oxygens (including phenoxy) is 2. The van der Waals surface area contributed by atoms with Crippen LogP contribution >= 0.6 is 0 Å². The van der Waals surface area contributed by atoms with E-state index in [0.29, 0.717) is 13.2 Å². The first-order chi connectivity index (χ1) is 8.50. The molecule has 0 bridgehead atoms. The Labute approximate surface area is 109 Å². The van der Waals surface area contributed by atoms with E-state index in [-0.39, 0.29) is 11.6 Å². The third kappa shape index (κ3) is 4.31. The molecule has 1 rings (SSSR count). The highest BCUT2D eigenvalue weighted by Crippen LogP contribution is 2.16. The molecule has 0 aromatic carbocycles. The summed E-state index contributed by atoms with van der Waals surface area (Å²) in [5, 5.41) is 3.33. The summed E-state index contributed by atoms with van der Waals surface area (Å²) in [7, 11) is 1.71. The molecule has 1 heterocycles. The van der Waals surface area contributed by atoms with Crippen molar-refractivity contribution in [2.24, 2.45) is 0 Å². The lowest BCUT2D eigenvalue weighted by Gasteiger charge is -2.26. The molecule has 1 aromatic heterocycles. The maximum atomic E-state index is 5.65. The summed E-state index contributed by atoms with van der Waals surface area (Å²) in [6, 6.07) is 0.259. The van der Waals surface area contributed by atoms with Gasteiger partial charge in [0.25, 0.3) is 0 Å². The Kier molecular flexibility index (Phi) is 5.62. The number of hydrogen-bond acceptors (Lipinski definition) is 4. The fraction of sp³-hybridized carbons (Fsp3) is 0.769. The molecule has 0 amide bonds. The number of aromatic nitrogens is 2. The molecule has 1 aromatic rings. The molecule has 0 saturated carbocycles. The molecular weight excluding hydrogens is 230 g/mol. The second kappa shape index (κ2) is 6.75. The Morgan fingerprint density at radius 2 is 2.22 bits per heavy atom. The molecule has 5 nitrogen and oxygen atoms in total. The van der Waals surface area contributed by atoms with Crippen LogP contribution in [0.15, 0.2) is 12.4 Å². The van der Waals surface area contributed by atoms with Crippen LogP contribution in [0.3, 0.4) is 0 Å². The standard InChI is InChI=1S/C13H25N3O2/c1-6-18-13(3,4)10-15-12-14-7-8-16(12)11(2)9-17-5/h7-8,11H,6,9-10H2,1-5H3,(H,14,15). The average Bonchev–Trinajstić information content (AvgIpc) is 2.75. The summed E-state index contributed by atoms with van der Waals surface area (Å²) in [6.07, 6.45) is 3.75. The minimum Gasteiger partial charge on any atom is -0.383 e. The highest BCUT2D eigenvalue weighted by atomic mass is 16.5. The van der Waals surface area contributed by atoms with Crippen molar-refractivity contribution in [3.8, 4) is 0 Å². The minimum absolute atomic E-state index is 0.198. The normalized spacial score (nSPS) is 13.6. The zero-order chi connectivity index (χ0) is 13.6. The van der Waals surface area contributed by atoms with E-state index in [0.717, 1.165) is 12.5 Å². The summed E-state index contributed by atoms with van der Waals surface area (Å²) in [6.45, 7) is 10.3. The van der Waals surface area contributed by atoms with Gasteiger partial charge in [0.2, 0.25) is 5.95 Å². The second-order valence-corrected chi connectivity index (χ2v) is 5.01. The number of imidazole rings is 1. The lowest BCUT2D eigenvalue weighted by Crippen LogP contribution is -2.34. The lowest BCUT2D eigenvalue weighted by atomic mass is 10.1. The van der Waals surface area contributed by atoms with Gasteiger partial charge in [-0.25, -0.2) is 4.98 Å². The first-order valence-electron chi connectivity index (χ1n) is 6.39. The molecule has 1 atom stereocenters. The Morgan fingerprint density at radius 3 is 2.83 bits per heavy atom. The van der Waals surface area contributed by atoms with Crippen molar-refractivity contribution >= 4 is 5.95 Å². The SMILES string of the molecule is CCOC(C)(C)CNc1nccn1C(C)COC. The number of hydrogen-bond donors (Lipinski definition) is 1. The highest BCUT2D eigenvalue weighted by molar-refractivity contribution is 5.27. The van der Waals surface area contributed by atoms with E-state index in [1.165, 1.54) is 0 Å². The van der Waals surface area contributed by atoms with Crippen molar-refractivity contribution in [3.05, 3.63) is 12.4 Å². The third-order valence-electron chi connectivity index (χ3n) is 2.76. The molecule has 0 aliphatic carbocycles. The number of methoxy groups -OCH3 is 1. The number of nitrogens with one attached hydrogen (secondary N) is 1. The first-order valence-corrected chi connectivity index (χ1v) is 6.39. The molecule has 1 N–H and O–H groups in total. The number of nitrogens with zero attached hydrogens (tertiary/aromatic N) is 2. The van der Waals surface area contributed by atoms with Crippen molar-refractivity contribution in [2.45, 2.75) is 39.3 Å². The number of rotatable bonds is 8. The van der Waals surface area contributed by atoms with E-state index in [9.17, 15) is 0 Å². The van der Waals surface area contributed by atoms with Gasteiger partial charge in [0.15, 0.2) is 0 Å². The van der Waals surface area contributed by atoms with Gasteiger partial charge < -0.3 is 19.4 Å². The molecule has 5 heteroatoms. The minimum atomic E-state index is -0.198. The summed E-state index contributed by atoms with van der Waals surface area (Å²) in [5.41, 5.74) is -0.198. The van der Waals surface area contributed by atoms with E-state index >= 15 is 0 Å². The maximum absolute atomic E-state index is 5.65. The zero-order valence-corrected chi connectivity index (χ0v) is 12.1. The predicted octanol–water partition coefficient (Wildman–Crippen LogP) is 2.32. The van der Waals surface area contributed by atoms with E-state index in [2.05, 4.69) is 35.6 Å². The van der Waals surface area contributed by atoms with E-state index in [1.54, 1.807) is 13.3 Å². The van der Waals surface area contributed by atoms with Crippen LogP contribution in [-0.4, -0.2) is 42.0 Å². The molecule has 18 heavy (non-hydrogen) atoms. The van der Waals surface area contributed by atoms with Gasteiger partial charge in [-0.15, -0.1) is 0 Å². The summed E-state index contributed by atoms with van der Waals surface area (Å²) < 4.78 is 12.9. The Hall–Kier alpha value is -1.07. The van der Waals surface area contributed by atoms with E-state index in [1.807, 2.05) is 13.1 Å². The fourth-order valence-corrected chi connectivity index (χ4v) is 1.86. The molecule has 0 aliphatic rings. The van der Waals surface area contributed by atoms with Crippen LogP contribution in [-0.2, 0) is 9.47 Å². The summed E-state index contributed by atoms with van der Waals surface area (Å²) >= 11 is 0. The summed E-state index contributed by atoms with van der Waals surface area (Å²) in [4.78, 5) is 4.32.